The van der Waals surface area contributed by atoms with Crippen molar-refractivity contribution in [2.75, 3.05) is 5.32 Å². The van der Waals surface area contributed by atoms with Crippen LogP contribution in [0, 0.1) is 0 Å². The van der Waals surface area contributed by atoms with Gasteiger partial charge in [0.15, 0.2) is 5.16 Å². The number of H-pyrrole nitrogens is 1. The summed E-state index contributed by atoms with van der Waals surface area (Å²) in [7, 11) is 0. The Morgan fingerprint density at radius 3 is 2.77 bits per heavy atom. The first-order chi connectivity index (χ1) is 12.5. The predicted octanol–water partition coefficient (Wildman–Crippen LogP) is 1.87. The highest BCUT2D eigenvalue weighted by molar-refractivity contribution is 8.00. The number of aromatic nitrogens is 2. The van der Waals surface area contributed by atoms with Gasteiger partial charge < -0.3 is 16.0 Å². The molecule has 1 aliphatic carbocycles. The van der Waals surface area contributed by atoms with E-state index in [-0.39, 0.29) is 17.0 Å². The Morgan fingerprint density at radius 1 is 1.27 bits per heavy atom. The molecule has 0 spiro atoms. The number of nitrogens with zero attached hydrogens (tertiary/aromatic N) is 1. The van der Waals surface area contributed by atoms with Gasteiger partial charge in [0.1, 0.15) is 0 Å². The molecule has 1 heterocycles. The van der Waals surface area contributed by atoms with Gasteiger partial charge in [0.05, 0.1) is 22.2 Å². The summed E-state index contributed by atoms with van der Waals surface area (Å²) in [6.45, 7) is 1.71. The normalized spacial score (nSPS) is 14.3. The highest BCUT2D eigenvalue weighted by Crippen LogP contribution is 2.24. The molecule has 136 valence electrons. The summed E-state index contributed by atoms with van der Waals surface area (Å²) < 4.78 is 0. The number of amides is 2. The lowest BCUT2D eigenvalue weighted by atomic mass is 9.97. The lowest BCUT2D eigenvalue weighted by Gasteiger charge is -2.16. The van der Waals surface area contributed by atoms with Crippen molar-refractivity contribution in [3.8, 4) is 0 Å². The monoisotopic (exact) mass is 372 g/mol. The minimum atomic E-state index is -0.609. The second-order valence-corrected chi connectivity index (χ2v) is 7.49. The number of carbonyl (C=O) groups is 2. The Labute approximate surface area is 154 Å². The Hall–Kier alpha value is -2.61. The third kappa shape index (κ3) is 3.96. The summed E-state index contributed by atoms with van der Waals surface area (Å²) in [5.41, 5.74) is 7.40. The number of carbonyl (C=O) groups excluding carboxylic acids is 2. The average Bonchev–Trinajstić information content (AvgIpc) is 2.62. The van der Waals surface area contributed by atoms with Crippen LogP contribution in [0.15, 0.2) is 34.2 Å². The Bertz CT molecular complexity index is 910. The molecule has 0 fully saturated rings. The van der Waals surface area contributed by atoms with E-state index < -0.39 is 11.2 Å². The Kier molecular flexibility index (Phi) is 5.41. The maximum absolute atomic E-state index is 12.5. The summed E-state index contributed by atoms with van der Waals surface area (Å²) in [5, 5.41) is 2.63. The number of hydrogen-bond acceptors (Lipinski definition) is 5. The van der Waals surface area contributed by atoms with Gasteiger partial charge in [-0.15, -0.1) is 0 Å². The summed E-state index contributed by atoms with van der Waals surface area (Å²) >= 11 is 1.18. The van der Waals surface area contributed by atoms with Gasteiger partial charge in [-0.1, -0.05) is 23.9 Å². The molecule has 3 rings (SSSR count). The molecule has 0 aliphatic heterocycles. The van der Waals surface area contributed by atoms with Crippen molar-refractivity contribution >= 4 is 29.3 Å². The van der Waals surface area contributed by atoms with Gasteiger partial charge in [-0.05, 0) is 44.7 Å². The van der Waals surface area contributed by atoms with Crippen LogP contribution in [0.1, 0.15) is 41.4 Å². The molecule has 1 atom stereocenters. The molecule has 1 aromatic carbocycles. The van der Waals surface area contributed by atoms with Crippen LogP contribution < -0.4 is 16.6 Å². The minimum absolute atomic E-state index is 0.121. The van der Waals surface area contributed by atoms with Crippen LogP contribution >= 0.6 is 11.8 Å². The summed E-state index contributed by atoms with van der Waals surface area (Å²) in [4.78, 5) is 43.4. The number of fused-ring (bicyclic) bond motifs is 1. The quantitative estimate of drug-likeness (QED) is 0.547. The highest BCUT2D eigenvalue weighted by atomic mass is 32.2. The number of nitrogens with one attached hydrogen (secondary N) is 2. The van der Waals surface area contributed by atoms with Gasteiger partial charge in [0.25, 0.3) is 11.5 Å². The molecule has 0 unspecified atom stereocenters. The number of nitrogens with two attached hydrogens (primary N) is 1. The van der Waals surface area contributed by atoms with Crippen LogP contribution in [0.4, 0.5) is 5.69 Å². The summed E-state index contributed by atoms with van der Waals surface area (Å²) in [5.74, 6) is -0.911. The third-order valence-electron chi connectivity index (χ3n) is 4.28. The van der Waals surface area contributed by atoms with Crippen LogP contribution in [0.5, 0.6) is 0 Å². The number of hydrogen-bond donors (Lipinski definition) is 3. The van der Waals surface area contributed by atoms with Crippen molar-refractivity contribution in [1.82, 2.24) is 9.97 Å². The predicted molar refractivity (Wildman–Crippen MR) is 100 cm³/mol. The average molecular weight is 372 g/mol. The van der Waals surface area contributed by atoms with Crippen molar-refractivity contribution in [2.24, 2.45) is 5.73 Å². The number of primary amides is 1. The van der Waals surface area contributed by atoms with Crippen molar-refractivity contribution in [3.05, 3.63) is 51.4 Å². The molecular formula is C18H20N4O3S. The summed E-state index contributed by atoms with van der Waals surface area (Å²) in [6.07, 6.45) is 3.57. The minimum Gasteiger partial charge on any atom is -0.366 e. The van der Waals surface area contributed by atoms with E-state index in [1.165, 1.54) is 11.8 Å². The van der Waals surface area contributed by atoms with E-state index in [2.05, 4.69) is 15.3 Å². The van der Waals surface area contributed by atoms with Gasteiger partial charge >= 0.3 is 0 Å². The highest BCUT2D eigenvalue weighted by Gasteiger charge is 2.21. The van der Waals surface area contributed by atoms with Crippen molar-refractivity contribution in [3.63, 3.8) is 0 Å². The standard InChI is InChI=1S/C18H20N4O3S/c1-10(16(24)20-13-8-4-2-6-11(13)15(19)23)26-18-21-14-9-5-3-7-12(14)17(25)22-18/h2,4,6,8,10H,3,5,7,9H2,1H3,(H2,19,23)(H,20,24)(H,21,22,25)/t10-/m1/s1. The SMILES string of the molecule is C[C@@H](Sc1nc2c(c(=O)[nH]1)CCCC2)C(=O)Nc1ccccc1C(N)=O. The van der Waals surface area contributed by atoms with E-state index in [4.69, 9.17) is 5.73 Å². The molecule has 4 N–H and O–H groups in total. The van der Waals surface area contributed by atoms with E-state index in [0.717, 1.165) is 36.9 Å². The zero-order valence-corrected chi connectivity index (χ0v) is 15.2. The number of rotatable bonds is 5. The second kappa shape index (κ2) is 7.74. The van der Waals surface area contributed by atoms with Crippen molar-refractivity contribution in [2.45, 2.75) is 43.0 Å². The second-order valence-electron chi connectivity index (χ2n) is 6.16. The smallest absolute Gasteiger partial charge is 0.254 e. The lowest BCUT2D eigenvalue weighted by molar-refractivity contribution is -0.115. The van der Waals surface area contributed by atoms with Gasteiger partial charge in [-0.25, -0.2) is 4.98 Å². The molecule has 0 saturated carbocycles. The fourth-order valence-electron chi connectivity index (χ4n) is 2.90. The van der Waals surface area contributed by atoms with Crippen LogP contribution in [-0.4, -0.2) is 27.0 Å². The van der Waals surface area contributed by atoms with Gasteiger partial charge in [-0.3, -0.25) is 14.4 Å². The van der Waals surface area contributed by atoms with E-state index in [1.807, 2.05) is 0 Å². The zero-order chi connectivity index (χ0) is 18.7. The maximum atomic E-state index is 12.5. The molecule has 2 amide bonds. The number of aryl methyl sites for hydroxylation is 1. The maximum Gasteiger partial charge on any atom is 0.254 e. The first kappa shape index (κ1) is 18.2. The summed E-state index contributed by atoms with van der Waals surface area (Å²) in [6, 6.07) is 6.56. The lowest BCUT2D eigenvalue weighted by Crippen LogP contribution is -2.26. The molecule has 1 aliphatic rings. The van der Waals surface area contributed by atoms with E-state index >= 15 is 0 Å². The number of benzene rings is 1. The van der Waals surface area contributed by atoms with E-state index in [9.17, 15) is 14.4 Å². The van der Waals surface area contributed by atoms with Gasteiger partial charge in [0, 0.05) is 5.56 Å². The van der Waals surface area contributed by atoms with Gasteiger partial charge in [0.2, 0.25) is 5.91 Å². The zero-order valence-electron chi connectivity index (χ0n) is 14.4. The van der Waals surface area contributed by atoms with Crippen LogP contribution in [0.25, 0.3) is 0 Å². The molecule has 2 aromatic rings. The number of para-hydroxylation sites is 1. The molecular weight excluding hydrogens is 352 g/mol. The topological polar surface area (TPSA) is 118 Å². The molecule has 7 nitrogen and oxygen atoms in total. The molecule has 0 saturated heterocycles. The van der Waals surface area contributed by atoms with Crippen LogP contribution in [-0.2, 0) is 17.6 Å². The molecule has 8 heteroatoms. The number of anilines is 1. The fourth-order valence-corrected chi connectivity index (χ4v) is 3.71. The largest absolute Gasteiger partial charge is 0.366 e. The van der Waals surface area contributed by atoms with Crippen LogP contribution in [0.2, 0.25) is 0 Å². The molecule has 1 aromatic heterocycles. The number of thioether (sulfide) groups is 1. The Morgan fingerprint density at radius 2 is 2.00 bits per heavy atom. The fraction of sp³-hybridized carbons (Fsp3) is 0.333. The molecule has 0 bridgehead atoms. The first-order valence-electron chi connectivity index (χ1n) is 8.44. The molecule has 26 heavy (non-hydrogen) atoms. The van der Waals surface area contributed by atoms with Crippen molar-refractivity contribution in [1.29, 1.82) is 0 Å². The molecule has 0 radical (unpaired) electrons. The first-order valence-corrected chi connectivity index (χ1v) is 9.32. The Balaban J connectivity index is 1.73. The number of aromatic amines is 1. The van der Waals surface area contributed by atoms with E-state index in [1.54, 1.807) is 31.2 Å². The van der Waals surface area contributed by atoms with Crippen molar-refractivity contribution < 1.29 is 9.59 Å². The van der Waals surface area contributed by atoms with E-state index in [0.29, 0.717) is 10.8 Å². The van der Waals surface area contributed by atoms with Crippen LogP contribution in [0.3, 0.4) is 0 Å². The van der Waals surface area contributed by atoms with Gasteiger partial charge in [-0.2, -0.15) is 0 Å². The third-order valence-corrected chi connectivity index (χ3v) is 5.26.